The van der Waals surface area contributed by atoms with Gasteiger partial charge in [-0.15, -0.1) is 0 Å². The first-order valence-corrected chi connectivity index (χ1v) is 12.8. The van der Waals surface area contributed by atoms with Gasteiger partial charge in [0.2, 0.25) is 0 Å². The van der Waals surface area contributed by atoms with Crippen molar-refractivity contribution in [2.45, 2.75) is 64.7 Å². The summed E-state index contributed by atoms with van der Waals surface area (Å²) in [6.45, 7) is 3.59. The van der Waals surface area contributed by atoms with E-state index in [9.17, 15) is 8.78 Å². The lowest BCUT2D eigenvalue weighted by atomic mass is 9.69. The maximum Gasteiger partial charge on any atom is 0.170 e. The molecule has 1 saturated carbocycles. The molecule has 198 valence electrons. The summed E-state index contributed by atoms with van der Waals surface area (Å²) in [4.78, 5) is 0. The summed E-state index contributed by atoms with van der Waals surface area (Å²) in [5, 5.41) is 0. The minimum Gasteiger partial charge on any atom is -0.206 e. The molecule has 0 aromatic heterocycles. The lowest BCUT2D eigenvalue weighted by Gasteiger charge is -2.36. The molecule has 0 spiro atoms. The highest BCUT2D eigenvalue weighted by Crippen LogP contribution is 2.46. The van der Waals surface area contributed by atoms with Crippen LogP contribution in [0.15, 0.2) is 36.4 Å². The fourth-order valence-electron chi connectivity index (χ4n) is 5.86. The zero-order chi connectivity index (χ0) is 26.9. The summed E-state index contributed by atoms with van der Waals surface area (Å²) in [6, 6.07) is 7.56. The molecule has 0 radical (unpaired) electrons. The van der Waals surface area contributed by atoms with Crippen LogP contribution in [0.25, 0.3) is 22.3 Å². The Morgan fingerprint density at radius 3 is 1.97 bits per heavy atom. The van der Waals surface area contributed by atoms with Crippen molar-refractivity contribution in [2.24, 2.45) is 11.8 Å². The third-order valence-electron chi connectivity index (χ3n) is 7.78. The summed E-state index contributed by atoms with van der Waals surface area (Å²) >= 11 is 0. The number of unbranched alkanes of at least 4 members (excludes halogenated alkanes) is 1. The van der Waals surface area contributed by atoms with E-state index in [1.807, 2.05) is 6.92 Å². The molecule has 4 rings (SSSR count). The second kappa shape index (κ2) is 11.3. The fraction of sp³-hybridized carbons (Fsp3) is 0.400. The van der Waals surface area contributed by atoms with Gasteiger partial charge in [0.15, 0.2) is 34.9 Å². The van der Waals surface area contributed by atoms with Crippen molar-refractivity contribution in [1.82, 2.24) is 0 Å². The third kappa shape index (κ3) is 5.01. The predicted octanol–water partition coefficient (Wildman–Crippen LogP) is 10.1. The molecule has 1 aliphatic rings. The number of rotatable bonds is 7. The van der Waals surface area contributed by atoms with E-state index in [2.05, 4.69) is 0 Å². The molecule has 0 saturated heterocycles. The summed E-state index contributed by atoms with van der Waals surface area (Å²) in [5.74, 6) is -12.7. The van der Waals surface area contributed by atoms with Crippen LogP contribution in [0.3, 0.4) is 0 Å². The molecule has 7 heteroatoms. The van der Waals surface area contributed by atoms with Crippen molar-refractivity contribution in [3.05, 3.63) is 82.7 Å². The normalized spacial score (nSPS) is 18.7. The average Bonchev–Trinajstić information content (AvgIpc) is 2.90. The molecule has 3 unspecified atom stereocenters. The molecule has 0 heterocycles. The Labute approximate surface area is 212 Å². The molecule has 0 N–H and O–H groups in total. The monoisotopic (exact) mass is 522 g/mol. The van der Waals surface area contributed by atoms with E-state index in [0.717, 1.165) is 38.5 Å². The molecule has 0 bridgehead atoms. The highest BCUT2D eigenvalue weighted by molar-refractivity contribution is 5.73. The van der Waals surface area contributed by atoms with E-state index >= 15 is 22.0 Å². The van der Waals surface area contributed by atoms with Crippen molar-refractivity contribution in [1.29, 1.82) is 0 Å². The van der Waals surface area contributed by atoms with E-state index in [0.29, 0.717) is 12.5 Å². The fourth-order valence-corrected chi connectivity index (χ4v) is 5.86. The maximum absolute atomic E-state index is 15.4. The van der Waals surface area contributed by atoms with Gasteiger partial charge in [0.25, 0.3) is 0 Å². The van der Waals surface area contributed by atoms with Crippen LogP contribution in [0, 0.1) is 52.6 Å². The lowest BCUT2D eigenvalue weighted by Crippen LogP contribution is -2.26. The molecular weight excluding hydrogens is 493 g/mol. The van der Waals surface area contributed by atoms with Gasteiger partial charge in [-0.2, -0.15) is 0 Å². The number of halogens is 7. The minimum atomic E-state index is -1.87. The highest BCUT2D eigenvalue weighted by atomic mass is 19.2. The largest absolute Gasteiger partial charge is 0.206 e. The molecule has 37 heavy (non-hydrogen) atoms. The number of benzene rings is 3. The molecule has 0 aliphatic heterocycles. The first-order chi connectivity index (χ1) is 17.7. The van der Waals surface area contributed by atoms with Crippen LogP contribution in [-0.4, -0.2) is 0 Å². The Hall–Kier alpha value is -2.83. The van der Waals surface area contributed by atoms with Gasteiger partial charge in [-0.3, -0.25) is 0 Å². The predicted molar refractivity (Wildman–Crippen MR) is 130 cm³/mol. The highest BCUT2D eigenvalue weighted by Gasteiger charge is 2.37. The van der Waals surface area contributed by atoms with Gasteiger partial charge < -0.3 is 0 Å². The van der Waals surface area contributed by atoms with E-state index in [4.69, 9.17) is 0 Å². The summed E-state index contributed by atoms with van der Waals surface area (Å²) in [6.07, 6.45) is 6.14. The van der Waals surface area contributed by atoms with Crippen molar-refractivity contribution in [3.8, 4) is 22.3 Å². The van der Waals surface area contributed by atoms with Crippen molar-refractivity contribution in [3.63, 3.8) is 0 Å². The van der Waals surface area contributed by atoms with Gasteiger partial charge in [0, 0.05) is 11.1 Å². The first kappa shape index (κ1) is 27.2. The van der Waals surface area contributed by atoms with E-state index < -0.39 is 68.9 Å². The van der Waals surface area contributed by atoms with Crippen LogP contribution < -0.4 is 0 Å². The second-order valence-corrected chi connectivity index (χ2v) is 9.96. The van der Waals surface area contributed by atoms with Crippen LogP contribution in [0.2, 0.25) is 0 Å². The van der Waals surface area contributed by atoms with E-state index in [1.54, 1.807) is 13.0 Å². The van der Waals surface area contributed by atoms with Gasteiger partial charge in [0.1, 0.15) is 5.82 Å². The smallest absolute Gasteiger partial charge is 0.170 e. The summed E-state index contributed by atoms with van der Waals surface area (Å²) in [5.41, 5.74) is -4.18. The standard InChI is InChI=1S/C30H29F7/c1-3-4-10-17-11-8-9-14-19(17)16(2)22-26(33)29(36)24(30(37)27(22)34)20-15-21(31)23(28(35)25(20)32)18-12-6-5-7-13-18/h5-7,12-13,15-17,19H,3-4,8-11,14H2,1-2H3. The summed E-state index contributed by atoms with van der Waals surface area (Å²) in [7, 11) is 0. The Kier molecular flexibility index (Phi) is 8.29. The quantitative estimate of drug-likeness (QED) is 0.214. The van der Waals surface area contributed by atoms with Crippen LogP contribution in [-0.2, 0) is 0 Å². The first-order valence-electron chi connectivity index (χ1n) is 12.8. The summed E-state index contributed by atoms with van der Waals surface area (Å²) < 4.78 is 106. The van der Waals surface area contributed by atoms with Crippen LogP contribution >= 0.6 is 0 Å². The van der Waals surface area contributed by atoms with Gasteiger partial charge in [-0.25, -0.2) is 30.7 Å². The zero-order valence-electron chi connectivity index (χ0n) is 20.8. The van der Waals surface area contributed by atoms with E-state index in [-0.39, 0.29) is 17.4 Å². The lowest BCUT2D eigenvalue weighted by molar-refractivity contribution is 0.187. The second-order valence-electron chi connectivity index (χ2n) is 9.96. The number of hydrogen-bond acceptors (Lipinski definition) is 0. The van der Waals surface area contributed by atoms with Gasteiger partial charge in [-0.1, -0.05) is 82.7 Å². The van der Waals surface area contributed by atoms with Crippen molar-refractivity contribution in [2.75, 3.05) is 0 Å². The molecule has 3 aromatic rings. The average molecular weight is 523 g/mol. The molecule has 3 aromatic carbocycles. The van der Waals surface area contributed by atoms with Gasteiger partial charge >= 0.3 is 0 Å². The molecule has 1 fully saturated rings. The Morgan fingerprint density at radius 1 is 0.757 bits per heavy atom. The molecule has 1 aliphatic carbocycles. The van der Waals surface area contributed by atoms with Gasteiger partial charge in [-0.05, 0) is 35.8 Å². The van der Waals surface area contributed by atoms with E-state index in [1.165, 1.54) is 24.3 Å². The Bertz CT molecular complexity index is 1240. The molecular formula is C30H29F7. The number of hydrogen-bond donors (Lipinski definition) is 0. The van der Waals surface area contributed by atoms with Crippen molar-refractivity contribution < 1.29 is 30.7 Å². The maximum atomic E-state index is 15.4. The van der Waals surface area contributed by atoms with Crippen LogP contribution in [0.1, 0.15) is 70.3 Å². The SMILES string of the molecule is CCCCC1CCCCC1C(C)c1c(F)c(F)c(-c2cc(F)c(-c3ccccc3)c(F)c2F)c(F)c1F. The third-order valence-corrected chi connectivity index (χ3v) is 7.78. The molecule has 3 atom stereocenters. The zero-order valence-corrected chi connectivity index (χ0v) is 20.8. The van der Waals surface area contributed by atoms with Gasteiger partial charge in [0.05, 0.1) is 11.1 Å². The molecule has 0 nitrogen and oxygen atoms in total. The Morgan fingerprint density at radius 2 is 1.35 bits per heavy atom. The van der Waals surface area contributed by atoms with Crippen LogP contribution in [0.5, 0.6) is 0 Å². The van der Waals surface area contributed by atoms with Crippen molar-refractivity contribution >= 4 is 0 Å². The van der Waals surface area contributed by atoms with Crippen LogP contribution in [0.4, 0.5) is 30.7 Å². The Balaban J connectivity index is 1.81. The molecule has 0 amide bonds. The minimum absolute atomic E-state index is 0.00413. The topological polar surface area (TPSA) is 0 Å².